The molecule has 0 heterocycles. The van der Waals surface area contributed by atoms with E-state index in [9.17, 15) is 18.4 Å². The summed E-state index contributed by atoms with van der Waals surface area (Å²) in [5, 5.41) is 3.10. The highest BCUT2D eigenvalue weighted by atomic mass is 35.5. The van der Waals surface area contributed by atoms with E-state index in [0.717, 1.165) is 5.56 Å². The minimum absolute atomic E-state index is 0.0419. The number of rotatable bonds is 8. The number of halogens is 3. The van der Waals surface area contributed by atoms with Crippen LogP contribution >= 0.6 is 11.6 Å². The van der Waals surface area contributed by atoms with Gasteiger partial charge in [-0.1, -0.05) is 60.1 Å². The molecule has 184 valence electrons. The van der Waals surface area contributed by atoms with Crippen LogP contribution in [0.3, 0.4) is 0 Å². The molecule has 0 aromatic heterocycles. The zero-order chi connectivity index (χ0) is 25.6. The molecular formula is C28H29ClF2N2O2. The van der Waals surface area contributed by atoms with E-state index in [2.05, 4.69) is 5.32 Å². The van der Waals surface area contributed by atoms with E-state index in [0.29, 0.717) is 5.56 Å². The topological polar surface area (TPSA) is 49.4 Å². The highest BCUT2D eigenvalue weighted by Crippen LogP contribution is 2.23. The third kappa shape index (κ3) is 7.62. The predicted octanol–water partition coefficient (Wildman–Crippen LogP) is 5.72. The molecule has 1 atom stereocenters. The van der Waals surface area contributed by atoms with E-state index in [1.165, 1.54) is 35.2 Å². The van der Waals surface area contributed by atoms with Gasteiger partial charge in [0.1, 0.15) is 17.7 Å². The molecule has 35 heavy (non-hydrogen) atoms. The summed E-state index contributed by atoms with van der Waals surface area (Å²) in [5.41, 5.74) is 1.03. The molecule has 0 aliphatic heterocycles. The van der Waals surface area contributed by atoms with Gasteiger partial charge < -0.3 is 10.2 Å². The van der Waals surface area contributed by atoms with Crippen LogP contribution in [0.5, 0.6) is 0 Å². The summed E-state index contributed by atoms with van der Waals surface area (Å²) in [5.74, 6) is -1.80. The third-order valence-electron chi connectivity index (χ3n) is 5.43. The summed E-state index contributed by atoms with van der Waals surface area (Å²) >= 11 is 6.18. The summed E-state index contributed by atoms with van der Waals surface area (Å²) in [4.78, 5) is 28.5. The van der Waals surface area contributed by atoms with Gasteiger partial charge in [-0.2, -0.15) is 0 Å². The number of carbonyl (C=O) groups is 2. The van der Waals surface area contributed by atoms with Gasteiger partial charge in [0, 0.05) is 29.1 Å². The van der Waals surface area contributed by atoms with Crippen molar-refractivity contribution in [1.29, 1.82) is 0 Å². The molecule has 0 aliphatic carbocycles. The van der Waals surface area contributed by atoms with Gasteiger partial charge in [0.05, 0.1) is 6.42 Å². The summed E-state index contributed by atoms with van der Waals surface area (Å²) in [6.07, 6.45) is -0.0680. The Labute approximate surface area is 209 Å². The van der Waals surface area contributed by atoms with Gasteiger partial charge in [-0.25, -0.2) is 8.78 Å². The fourth-order valence-electron chi connectivity index (χ4n) is 3.75. The van der Waals surface area contributed by atoms with Gasteiger partial charge in [0.25, 0.3) is 0 Å². The first-order valence-corrected chi connectivity index (χ1v) is 11.7. The van der Waals surface area contributed by atoms with Crippen molar-refractivity contribution in [3.63, 3.8) is 0 Å². The van der Waals surface area contributed by atoms with E-state index in [1.807, 2.05) is 51.1 Å². The van der Waals surface area contributed by atoms with E-state index in [4.69, 9.17) is 11.6 Å². The van der Waals surface area contributed by atoms with Crippen molar-refractivity contribution in [2.45, 2.75) is 51.7 Å². The Morgan fingerprint density at radius 2 is 1.57 bits per heavy atom. The Morgan fingerprint density at radius 3 is 2.17 bits per heavy atom. The summed E-state index contributed by atoms with van der Waals surface area (Å²) in [6.45, 7) is 5.61. The number of hydrogen-bond acceptors (Lipinski definition) is 2. The normalized spacial score (nSPS) is 12.2. The molecule has 2 amide bonds. The Hall–Kier alpha value is -3.25. The first kappa shape index (κ1) is 26.4. The van der Waals surface area contributed by atoms with Crippen molar-refractivity contribution in [2.24, 2.45) is 0 Å². The van der Waals surface area contributed by atoms with Crippen LogP contribution in [0.2, 0.25) is 5.02 Å². The molecule has 0 saturated carbocycles. The van der Waals surface area contributed by atoms with Crippen LogP contribution in [0.25, 0.3) is 0 Å². The second-order valence-corrected chi connectivity index (χ2v) is 9.88. The number of nitrogens with zero attached hydrogens (tertiary/aromatic N) is 1. The second kappa shape index (κ2) is 11.5. The van der Waals surface area contributed by atoms with Crippen molar-refractivity contribution < 1.29 is 18.4 Å². The fourth-order valence-corrected chi connectivity index (χ4v) is 3.98. The molecule has 0 bridgehead atoms. The van der Waals surface area contributed by atoms with Gasteiger partial charge in [-0.15, -0.1) is 0 Å². The highest BCUT2D eigenvalue weighted by Gasteiger charge is 2.32. The average Bonchev–Trinajstić information content (AvgIpc) is 2.79. The molecule has 3 rings (SSSR count). The molecule has 0 aliphatic rings. The first-order valence-electron chi connectivity index (χ1n) is 11.4. The van der Waals surface area contributed by atoms with Crippen LogP contribution in [0.1, 0.15) is 37.5 Å². The lowest BCUT2D eigenvalue weighted by Crippen LogP contribution is -2.54. The molecule has 0 radical (unpaired) electrons. The summed E-state index contributed by atoms with van der Waals surface area (Å²) in [6, 6.07) is 18.4. The lowest BCUT2D eigenvalue weighted by atomic mass is 9.99. The molecule has 3 aromatic carbocycles. The van der Waals surface area contributed by atoms with Crippen molar-refractivity contribution >= 4 is 23.4 Å². The van der Waals surface area contributed by atoms with E-state index in [1.54, 1.807) is 12.1 Å². The van der Waals surface area contributed by atoms with Crippen LogP contribution in [0, 0.1) is 11.6 Å². The van der Waals surface area contributed by atoms with Gasteiger partial charge >= 0.3 is 0 Å². The quantitative estimate of drug-likeness (QED) is 0.432. The standard InChI is InChI=1S/C28H29ClF2N2O2/c1-28(2,3)32-27(35)25(16-19-8-5-4-6-9-19)33(18-20-12-14-21(30)15-13-20)26(34)17-22-23(29)10-7-11-24(22)31/h4-15,25H,16-18H2,1-3H3,(H,32,35)/t25-/m1/s1. The lowest BCUT2D eigenvalue weighted by Gasteiger charge is -2.34. The smallest absolute Gasteiger partial charge is 0.243 e. The Morgan fingerprint density at radius 1 is 0.914 bits per heavy atom. The van der Waals surface area contributed by atoms with E-state index >= 15 is 0 Å². The monoisotopic (exact) mass is 498 g/mol. The summed E-state index contributed by atoms with van der Waals surface area (Å²) in [7, 11) is 0. The van der Waals surface area contributed by atoms with Crippen LogP contribution in [0.15, 0.2) is 72.8 Å². The maximum absolute atomic E-state index is 14.5. The minimum atomic E-state index is -0.889. The SMILES string of the molecule is CC(C)(C)NC(=O)[C@@H](Cc1ccccc1)N(Cc1ccc(F)cc1)C(=O)Cc1c(F)cccc1Cl. The number of hydrogen-bond donors (Lipinski definition) is 1. The maximum atomic E-state index is 14.5. The average molecular weight is 499 g/mol. The van der Waals surface area contributed by atoms with Crippen LogP contribution in [-0.4, -0.2) is 28.3 Å². The van der Waals surface area contributed by atoms with Crippen molar-refractivity contribution in [3.8, 4) is 0 Å². The second-order valence-electron chi connectivity index (χ2n) is 9.47. The lowest BCUT2D eigenvalue weighted by molar-refractivity contribution is -0.141. The Kier molecular flexibility index (Phi) is 8.62. The van der Waals surface area contributed by atoms with Crippen LogP contribution in [0.4, 0.5) is 8.78 Å². The zero-order valence-corrected chi connectivity index (χ0v) is 20.8. The van der Waals surface area contributed by atoms with Gasteiger partial charge in [-0.05, 0) is 56.2 Å². The van der Waals surface area contributed by atoms with Crippen molar-refractivity contribution in [1.82, 2.24) is 10.2 Å². The third-order valence-corrected chi connectivity index (χ3v) is 5.78. The van der Waals surface area contributed by atoms with Crippen LogP contribution in [-0.2, 0) is 29.0 Å². The molecule has 4 nitrogen and oxygen atoms in total. The van der Waals surface area contributed by atoms with E-state index < -0.39 is 29.1 Å². The van der Waals surface area contributed by atoms with Crippen LogP contribution < -0.4 is 5.32 Å². The van der Waals surface area contributed by atoms with Gasteiger partial charge in [-0.3, -0.25) is 9.59 Å². The molecule has 1 N–H and O–H groups in total. The molecule has 0 fully saturated rings. The molecule has 0 spiro atoms. The predicted molar refractivity (Wildman–Crippen MR) is 134 cm³/mol. The largest absolute Gasteiger partial charge is 0.350 e. The Balaban J connectivity index is 2.02. The molecule has 7 heteroatoms. The number of amides is 2. The number of carbonyl (C=O) groups excluding carboxylic acids is 2. The highest BCUT2D eigenvalue weighted by molar-refractivity contribution is 6.31. The van der Waals surface area contributed by atoms with E-state index in [-0.39, 0.29) is 35.9 Å². The number of benzene rings is 3. The number of nitrogens with one attached hydrogen (secondary N) is 1. The maximum Gasteiger partial charge on any atom is 0.243 e. The first-order chi connectivity index (χ1) is 16.5. The zero-order valence-electron chi connectivity index (χ0n) is 20.0. The molecule has 0 saturated heterocycles. The molecule has 3 aromatic rings. The van der Waals surface area contributed by atoms with Gasteiger partial charge in [0.2, 0.25) is 11.8 Å². The fraction of sp³-hybridized carbons (Fsp3) is 0.286. The molecule has 0 unspecified atom stereocenters. The Bertz CT molecular complexity index is 1140. The van der Waals surface area contributed by atoms with Crippen molar-refractivity contribution in [2.75, 3.05) is 0 Å². The van der Waals surface area contributed by atoms with Gasteiger partial charge in [0.15, 0.2) is 0 Å². The minimum Gasteiger partial charge on any atom is -0.350 e. The summed E-state index contributed by atoms with van der Waals surface area (Å²) < 4.78 is 28.0. The molecular weight excluding hydrogens is 470 g/mol. The van der Waals surface area contributed by atoms with Crippen molar-refractivity contribution in [3.05, 3.63) is 106 Å².